The molecule has 4 rings (SSSR count). The van der Waals surface area contributed by atoms with E-state index in [9.17, 15) is 0 Å². The number of nitrogens with zero attached hydrogens (tertiary/aromatic N) is 4. The molecule has 0 saturated carbocycles. The van der Waals surface area contributed by atoms with Gasteiger partial charge >= 0.3 is 0 Å². The summed E-state index contributed by atoms with van der Waals surface area (Å²) in [4.78, 5) is 6.26. The third-order valence-electron chi connectivity index (χ3n) is 3.99. The Hall–Kier alpha value is -1.92. The van der Waals surface area contributed by atoms with Crippen LogP contribution in [0, 0.1) is 0 Å². The monoisotopic (exact) mass is 272 g/mol. The zero-order valence-corrected chi connectivity index (χ0v) is 11.3. The van der Waals surface area contributed by atoms with Crippen molar-refractivity contribution < 1.29 is 9.64 Å². The highest BCUT2D eigenvalue weighted by Crippen LogP contribution is 2.14. The van der Waals surface area contributed by atoms with Crippen molar-refractivity contribution in [2.75, 3.05) is 32.8 Å². The van der Waals surface area contributed by atoms with Gasteiger partial charge in [-0.2, -0.15) is 9.61 Å². The Morgan fingerprint density at radius 3 is 2.95 bits per heavy atom. The van der Waals surface area contributed by atoms with E-state index >= 15 is 0 Å². The van der Waals surface area contributed by atoms with Crippen LogP contribution in [0.15, 0.2) is 30.6 Å². The van der Waals surface area contributed by atoms with Crippen molar-refractivity contribution in [2.45, 2.75) is 6.54 Å². The summed E-state index contributed by atoms with van der Waals surface area (Å²) < 4.78 is 9.45. The molecule has 3 aromatic rings. The average molecular weight is 272 g/mol. The number of rotatable bonds is 3. The number of fused-ring (bicyclic) bond motifs is 3. The highest BCUT2D eigenvalue weighted by molar-refractivity contribution is 5.78. The Balaban J connectivity index is 1.59. The van der Waals surface area contributed by atoms with Gasteiger partial charge in [-0.25, -0.2) is 4.98 Å². The Morgan fingerprint density at radius 1 is 1.20 bits per heavy atom. The van der Waals surface area contributed by atoms with Crippen LogP contribution in [-0.2, 0) is 11.3 Å². The summed E-state index contributed by atoms with van der Waals surface area (Å²) in [5.41, 5.74) is 2.07. The summed E-state index contributed by atoms with van der Waals surface area (Å²) in [6.07, 6.45) is 1.88. The molecule has 1 aliphatic heterocycles. The number of benzene rings is 1. The minimum atomic E-state index is 0.877. The first-order chi connectivity index (χ1) is 9.92. The lowest BCUT2D eigenvalue weighted by Crippen LogP contribution is -3.14. The van der Waals surface area contributed by atoms with Crippen molar-refractivity contribution in [1.82, 2.24) is 19.2 Å². The number of hydrogen-bond donors (Lipinski definition) is 1. The van der Waals surface area contributed by atoms with Gasteiger partial charge in [0.15, 0.2) is 0 Å². The van der Waals surface area contributed by atoms with Crippen molar-refractivity contribution in [1.29, 1.82) is 0 Å². The highest BCUT2D eigenvalue weighted by Gasteiger charge is 2.15. The molecule has 0 aliphatic carbocycles. The van der Waals surface area contributed by atoms with Crippen LogP contribution in [0.25, 0.3) is 16.8 Å². The number of ether oxygens (including phenoxy) is 1. The molecule has 0 amide bonds. The van der Waals surface area contributed by atoms with Gasteiger partial charge in [-0.3, -0.25) is 4.57 Å². The van der Waals surface area contributed by atoms with Crippen LogP contribution in [-0.4, -0.2) is 52.0 Å². The van der Waals surface area contributed by atoms with Gasteiger partial charge in [-0.1, -0.05) is 12.1 Å². The van der Waals surface area contributed by atoms with Crippen molar-refractivity contribution >= 4 is 16.8 Å². The maximum absolute atomic E-state index is 5.39. The van der Waals surface area contributed by atoms with Gasteiger partial charge in [0.2, 0.25) is 5.78 Å². The van der Waals surface area contributed by atoms with E-state index in [1.165, 1.54) is 0 Å². The highest BCUT2D eigenvalue weighted by atomic mass is 16.5. The molecule has 6 heteroatoms. The Bertz CT molecular complexity index is 725. The lowest BCUT2D eigenvalue weighted by molar-refractivity contribution is -0.908. The molecule has 20 heavy (non-hydrogen) atoms. The number of morpholine rings is 1. The lowest BCUT2D eigenvalue weighted by atomic mass is 10.3. The van der Waals surface area contributed by atoms with E-state index in [1.54, 1.807) is 4.90 Å². The number of nitrogens with one attached hydrogen (secondary N) is 1. The fourth-order valence-corrected chi connectivity index (χ4v) is 2.81. The van der Waals surface area contributed by atoms with E-state index < -0.39 is 0 Å². The van der Waals surface area contributed by atoms with Gasteiger partial charge in [-0.15, -0.1) is 0 Å². The van der Waals surface area contributed by atoms with Gasteiger partial charge < -0.3 is 9.64 Å². The smallest absolute Gasteiger partial charge is 0.233 e. The van der Waals surface area contributed by atoms with E-state index in [2.05, 4.69) is 20.7 Å². The maximum atomic E-state index is 5.39. The van der Waals surface area contributed by atoms with Crippen LogP contribution in [0.4, 0.5) is 0 Å². The van der Waals surface area contributed by atoms with Gasteiger partial charge in [-0.05, 0) is 12.1 Å². The first-order valence-electron chi connectivity index (χ1n) is 7.12. The Kier molecular flexibility index (Phi) is 2.90. The number of imidazole rings is 1. The third-order valence-corrected chi connectivity index (χ3v) is 3.99. The minimum absolute atomic E-state index is 0.877. The predicted molar refractivity (Wildman–Crippen MR) is 74.9 cm³/mol. The van der Waals surface area contributed by atoms with Crippen LogP contribution in [0.3, 0.4) is 0 Å². The molecule has 0 unspecified atom stereocenters. The molecule has 6 nitrogen and oxygen atoms in total. The second-order valence-electron chi connectivity index (χ2n) is 5.25. The van der Waals surface area contributed by atoms with Crippen LogP contribution in [0.2, 0.25) is 0 Å². The van der Waals surface area contributed by atoms with E-state index in [-0.39, 0.29) is 0 Å². The molecule has 3 heterocycles. The van der Waals surface area contributed by atoms with E-state index in [4.69, 9.17) is 4.74 Å². The van der Waals surface area contributed by atoms with Gasteiger partial charge in [0.05, 0.1) is 37.3 Å². The van der Waals surface area contributed by atoms with Crippen LogP contribution in [0.5, 0.6) is 0 Å². The molecule has 1 aliphatic rings. The molecular formula is C14H18N5O+. The molecule has 1 aromatic carbocycles. The van der Waals surface area contributed by atoms with Crippen LogP contribution < -0.4 is 4.90 Å². The van der Waals surface area contributed by atoms with Crippen molar-refractivity contribution in [2.24, 2.45) is 0 Å². The molecule has 0 atom stereocenters. The molecule has 1 N–H and O–H groups in total. The fraction of sp³-hybridized carbons (Fsp3) is 0.429. The quantitative estimate of drug-likeness (QED) is 0.706. The SMILES string of the molecule is c1ccc2c(c1)nc1n(CC[NH+]3CCOCC3)cnn21. The van der Waals surface area contributed by atoms with Crippen molar-refractivity contribution in [3.05, 3.63) is 30.6 Å². The van der Waals surface area contributed by atoms with Crippen LogP contribution in [0.1, 0.15) is 0 Å². The number of hydrogen-bond acceptors (Lipinski definition) is 3. The van der Waals surface area contributed by atoms with E-state index in [1.807, 2.05) is 29.0 Å². The van der Waals surface area contributed by atoms with Crippen molar-refractivity contribution in [3.63, 3.8) is 0 Å². The topological polar surface area (TPSA) is 48.8 Å². The minimum Gasteiger partial charge on any atom is -0.370 e. The van der Waals surface area contributed by atoms with Crippen molar-refractivity contribution in [3.8, 4) is 0 Å². The second kappa shape index (κ2) is 4.88. The van der Waals surface area contributed by atoms with Crippen LogP contribution >= 0.6 is 0 Å². The number of aromatic nitrogens is 4. The first-order valence-corrected chi connectivity index (χ1v) is 7.12. The molecule has 2 aromatic heterocycles. The largest absolute Gasteiger partial charge is 0.370 e. The predicted octanol–water partition coefficient (Wildman–Crippen LogP) is -0.401. The summed E-state index contributed by atoms with van der Waals surface area (Å²) in [5.74, 6) is 0.929. The first kappa shape index (κ1) is 11.9. The zero-order valence-electron chi connectivity index (χ0n) is 11.3. The van der Waals surface area contributed by atoms with E-state index in [0.29, 0.717) is 0 Å². The average Bonchev–Trinajstić information content (AvgIpc) is 3.05. The molecule has 1 saturated heterocycles. The van der Waals surface area contributed by atoms with Gasteiger partial charge in [0.1, 0.15) is 19.4 Å². The normalized spacial score (nSPS) is 17.2. The fourth-order valence-electron chi connectivity index (χ4n) is 2.81. The third kappa shape index (κ3) is 1.97. The Labute approximate surface area is 116 Å². The summed E-state index contributed by atoms with van der Waals surface area (Å²) in [6, 6.07) is 8.12. The molecular weight excluding hydrogens is 254 g/mol. The number of quaternary nitrogens is 1. The lowest BCUT2D eigenvalue weighted by Gasteiger charge is -2.23. The zero-order chi connectivity index (χ0) is 13.4. The number of para-hydroxylation sites is 2. The van der Waals surface area contributed by atoms with Gasteiger partial charge in [0.25, 0.3) is 0 Å². The molecule has 104 valence electrons. The Morgan fingerprint density at radius 2 is 2.05 bits per heavy atom. The van der Waals surface area contributed by atoms with E-state index in [0.717, 1.165) is 56.2 Å². The molecule has 1 fully saturated rings. The van der Waals surface area contributed by atoms with Gasteiger partial charge in [0, 0.05) is 0 Å². The summed E-state index contributed by atoms with van der Waals surface area (Å²) >= 11 is 0. The maximum Gasteiger partial charge on any atom is 0.233 e. The molecule has 0 bridgehead atoms. The summed E-state index contributed by atoms with van der Waals surface area (Å²) in [6.45, 7) is 5.99. The summed E-state index contributed by atoms with van der Waals surface area (Å²) in [5, 5.41) is 4.45. The molecule has 0 radical (unpaired) electrons. The second-order valence-corrected chi connectivity index (χ2v) is 5.25. The summed E-state index contributed by atoms with van der Waals surface area (Å²) in [7, 11) is 0. The molecule has 0 spiro atoms. The standard InChI is InChI=1S/C14H17N5O/c1-2-4-13-12(3-1)16-14-18(11-15-19(13)14)6-5-17-7-9-20-10-8-17/h1-4,11H,5-10H2/p+1.